The van der Waals surface area contributed by atoms with Gasteiger partial charge in [0.15, 0.2) is 5.69 Å². The van der Waals surface area contributed by atoms with Crippen molar-refractivity contribution in [2.24, 2.45) is 0 Å². The molecule has 0 saturated heterocycles. The topological polar surface area (TPSA) is 52.0 Å². The van der Waals surface area contributed by atoms with Crippen LogP contribution in [0.15, 0.2) is 35.1 Å². The Morgan fingerprint density at radius 3 is 2.52 bits per heavy atom. The highest BCUT2D eigenvalue weighted by Gasteiger charge is 2.12. The number of rotatable bonds is 5. The van der Waals surface area contributed by atoms with Crippen molar-refractivity contribution >= 4 is 16.8 Å². The molecule has 0 bridgehead atoms. The van der Waals surface area contributed by atoms with Gasteiger partial charge in [-0.3, -0.25) is 9.59 Å². The minimum Gasteiger partial charge on any atom is -0.287 e. The van der Waals surface area contributed by atoms with Gasteiger partial charge in [-0.15, -0.1) is 0 Å². The van der Waals surface area contributed by atoms with Gasteiger partial charge >= 0.3 is 0 Å². The number of hydrogen-bond donors (Lipinski definition) is 0. The molecule has 0 fully saturated rings. The van der Waals surface area contributed by atoms with Crippen LogP contribution in [0.4, 0.5) is 0 Å². The van der Waals surface area contributed by atoms with Crippen molar-refractivity contribution in [2.75, 3.05) is 0 Å². The van der Waals surface area contributed by atoms with Crippen LogP contribution >= 0.6 is 11.6 Å². The van der Waals surface area contributed by atoms with Crippen molar-refractivity contribution in [1.82, 2.24) is 9.78 Å². The van der Waals surface area contributed by atoms with Gasteiger partial charge in [0.05, 0.1) is 5.69 Å². The Labute approximate surface area is 128 Å². The van der Waals surface area contributed by atoms with Crippen molar-refractivity contribution in [3.8, 4) is 5.69 Å². The maximum absolute atomic E-state index is 11.7. The molecule has 0 N–H and O–H groups in total. The first-order chi connectivity index (χ1) is 10.0. The van der Waals surface area contributed by atoms with Gasteiger partial charge in [-0.2, -0.15) is 5.10 Å². The monoisotopic (exact) mass is 304 g/mol. The highest BCUT2D eigenvalue weighted by Crippen LogP contribution is 2.12. The summed E-state index contributed by atoms with van der Waals surface area (Å²) in [6.07, 6.45) is 3.35. The highest BCUT2D eigenvalue weighted by molar-refractivity contribution is 6.67. The molecule has 0 aliphatic heterocycles. The quantitative estimate of drug-likeness (QED) is 0.797. The van der Waals surface area contributed by atoms with Crippen LogP contribution in [-0.2, 0) is 6.42 Å². The smallest absolute Gasteiger partial charge is 0.276 e. The number of hydrogen-bond acceptors (Lipinski definition) is 3. The zero-order valence-corrected chi connectivity index (χ0v) is 12.9. The minimum atomic E-state index is -0.840. The Hall–Kier alpha value is -1.94. The molecule has 0 aliphatic rings. The summed E-state index contributed by atoms with van der Waals surface area (Å²) in [6, 6.07) is 9.29. The second kappa shape index (κ2) is 6.68. The van der Waals surface area contributed by atoms with Gasteiger partial charge in [0.2, 0.25) is 5.43 Å². The number of halogens is 1. The number of nitrogens with zero attached hydrogens (tertiary/aromatic N) is 2. The predicted octanol–water partition coefficient (Wildman–Crippen LogP) is 3.26. The average molecular weight is 305 g/mol. The Bertz CT molecular complexity index is 705. The second-order valence-corrected chi connectivity index (χ2v) is 5.30. The SMILES string of the molecule is CCCCc1ccc(-n2nc(C(=O)Cl)c(=O)cc2C)cc1. The Kier molecular flexibility index (Phi) is 4.91. The van der Waals surface area contributed by atoms with Gasteiger partial charge in [-0.05, 0) is 49.1 Å². The first kappa shape index (κ1) is 15.4. The van der Waals surface area contributed by atoms with Gasteiger partial charge < -0.3 is 0 Å². The van der Waals surface area contributed by atoms with Crippen LogP contribution in [0.1, 0.15) is 41.5 Å². The first-order valence-electron chi connectivity index (χ1n) is 6.93. The standard InChI is InChI=1S/C16H17ClN2O2/c1-3-4-5-12-6-8-13(9-7-12)19-11(2)10-14(20)15(18-19)16(17)21/h6-10H,3-5H2,1-2H3. The lowest BCUT2D eigenvalue weighted by Gasteiger charge is -2.10. The minimum absolute atomic E-state index is 0.252. The van der Waals surface area contributed by atoms with Gasteiger partial charge in [0.25, 0.3) is 5.24 Å². The summed E-state index contributed by atoms with van der Waals surface area (Å²) in [5.74, 6) is 0. The third kappa shape index (κ3) is 3.58. The van der Waals surface area contributed by atoms with Crippen molar-refractivity contribution in [2.45, 2.75) is 33.1 Å². The van der Waals surface area contributed by atoms with E-state index in [4.69, 9.17) is 11.6 Å². The number of carbonyl (C=O) groups is 1. The number of carbonyl (C=O) groups excluding carboxylic acids is 1. The summed E-state index contributed by atoms with van der Waals surface area (Å²) >= 11 is 5.39. The predicted molar refractivity (Wildman–Crippen MR) is 83.4 cm³/mol. The summed E-state index contributed by atoms with van der Waals surface area (Å²) in [4.78, 5) is 22.9. The molecule has 2 aromatic rings. The molecule has 0 unspecified atom stereocenters. The Morgan fingerprint density at radius 1 is 1.29 bits per heavy atom. The summed E-state index contributed by atoms with van der Waals surface area (Å²) in [5, 5.41) is 3.22. The summed E-state index contributed by atoms with van der Waals surface area (Å²) in [5.41, 5.74) is 2.00. The van der Waals surface area contributed by atoms with E-state index in [0.29, 0.717) is 5.69 Å². The summed E-state index contributed by atoms with van der Waals surface area (Å²) < 4.78 is 1.56. The van der Waals surface area contributed by atoms with Gasteiger partial charge in [0.1, 0.15) is 0 Å². The molecule has 2 rings (SSSR count). The molecule has 21 heavy (non-hydrogen) atoms. The van der Waals surface area contributed by atoms with E-state index < -0.39 is 10.7 Å². The molecule has 0 saturated carbocycles. The van der Waals surface area contributed by atoms with E-state index >= 15 is 0 Å². The lowest BCUT2D eigenvalue weighted by Crippen LogP contribution is -2.20. The first-order valence-corrected chi connectivity index (χ1v) is 7.31. The molecule has 0 aliphatic carbocycles. The van der Waals surface area contributed by atoms with Gasteiger partial charge in [-0.1, -0.05) is 25.5 Å². The molecule has 0 atom stereocenters. The zero-order chi connectivity index (χ0) is 15.4. The van der Waals surface area contributed by atoms with Crippen LogP contribution in [0.5, 0.6) is 0 Å². The molecule has 1 heterocycles. The van der Waals surface area contributed by atoms with E-state index in [0.717, 1.165) is 24.9 Å². The van der Waals surface area contributed by atoms with Crippen LogP contribution in [0, 0.1) is 6.92 Å². The van der Waals surface area contributed by atoms with Crippen LogP contribution in [0.25, 0.3) is 5.69 Å². The van der Waals surface area contributed by atoms with Crippen LogP contribution < -0.4 is 5.43 Å². The molecule has 1 aromatic carbocycles. The third-order valence-electron chi connectivity index (χ3n) is 3.29. The van der Waals surface area contributed by atoms with Crippen molar-refractivity contribution < 1.29 is 4.79 Å². The fraction of sp³-hybridized carbons (Fsp3) is 0.312. The number of aryl methyl sites for hydroxylation is 2. The fourth-order valence-corrected chi connectivity index (χ4v) is 2.26. The molecular weight excluding hydrogens is 288 g/mol. The maximum atomic E-state index is 11.7. The van der Waals surface area contributed by atoms with E-state index in [-0.39, 0.29) is 5.69 Å². The molecule has 0 radical (unpaired) electrons. The van der Waals surface area contributed by atoms with E-state index in [2.05, 4.69) is 12.0 Å². The van der Waals surface area contributed by atoms with E-state index in [1.165, 1.54) is 11.6 Å². The molecule has 110 valence electrons. The van der Waals surface area contributed by atoms with E-state index in [1.54, 1.807) is 11.6 Å². The molecule has 5 heteroatoms. The molecular formula is C16H17ClN2O2. The maximum Gasteiger partial charge on any atom is 0.276 e. The van der Waals surface area contributed by atoms with E-state index in [1.807, 2.05) is 24.3 Å². The van der Waals surface area contributed by atoms with Crippen LogP contribution in [-0.4, -0.2) is 15.0 Å². The molecule has 0 amide bonds. The fourth-order valence-electron chi connectivity index (χ4n) is 2.13. The number of benzene rings is 1. The average Bonchev–Trinajstić information content (AvgIpc) is 2.45. The summed E-state index contributed by atoms with van der Waals surface area (Å²) in [7, 11) is 0. The van der Waals surface area contributed by atoms with Crippen molar-refractivity contribution in [3.63, 3.8) is 0 Å². The highest BCUT2D eigenvalue weighted by atomic mass is 35.5. The van der Waals surface area contributed by atoms with Gasteiger partial charge in [0, 0.05) is 11.8 Å². The van der Waals surface area contributed by atoms with Crippen LogP contribution in [0.2, 0.25) is 0 Å². The number of aromatic nitrogens is 2. The Balaban J connectivity index is 2.39. The van der Waals surface area contributed by atoms with Crippen molar-refractivity contribution in [1.29, 1.82) is 0 Å². The van der Waals surface area contributed by atoms with Gasteiger partial charge in [-0.25, -0.2) is 4.68 Å². The largest absolute Gasteiger partial charge is 0.287 e. The lowest BCUT2D eigenvalue weighted by atomic mass is 10.1. The number of unbranched alkanes of at least 4 members (excludes halogenated alkanes) is 1. The molecule has 0 spiro atoms. The Morgan fingerprint density at radius 2 is 1.95 bits per heavy atom. The normalized spacial score (nSPS) is 10.6. The van der Waals surface area contributed by atoms with Crippen LogP contribution in [0.3, 0.4) is 0 Å². The van der Waals surface area contributed by atoms with E-state index in [9.17, 15) is 9.59 Å². The lowest BCUT2D eigenvalue weighted by molar-refractivity contribution is 0.107. The second-order valence-electron chi connectivity index (χ2n) is 4.95. The zero-order valence-electron chi connectivity index (χ0n) is 12.1. The van der Waals surface area contributed by atoms with Crippen molar-refractivity contribution in [3.05, 3.63) is 57.5 Å². The third-order valence-corrected chi connectivity index (χ3v) is 3.47. The molecule has 1 aromatic heterocycles. The molecule has 4 nitrogen and oxygen atoms in total. The summed E-state index contributed by atoms with van der Waals surface area (Å²) in [6.45, 7) is 3.93.